The van der Waals surface area contributed by atoms with E-state index in [0.717, 1.165) is 5.75 Å². The summed E-state index contributed by atoms with van der Waals surface area (Å²) in [5.41, 5.74) is 10.9. The van der Waals surface area contributed by atoms with Gasteiger partial charge in [0.1, 0.15) is 0 Å². The van der Waals surface area contributed by atoms with Crippen molar-refractivity contribution in [2.45, 2.75) is 25.1 Å². The van der Waals surface area contributed by atoms with E-state index in [9.17, 15) is 0 Å². The van der Waals surface area contributed by atoms with Crippen LogP contribution in [0.3, 0.4) is 0 Å². The summed E-state index contributed by atoms with van der Waals surface area (Å²) >= 11 is 1.86. The molecule has 2 nitrogen and oxygen atoms in total. The second kappa shape index (κ2) is 5.09. The van der Waals surface area contributed by atoms with E-state index in [4.69, 9.17) is 11.5 Å². The van der Waals surface area contributed by atoms with Gasteiger partial charge >= 0.3 is 0 Å². The maximum absolute atomic E-state index is 5.58. The lowest BCUT2D eigenvalue weighted by molar-refractivity contribution is 0.761. The predicted molar refractivity (Wildman–Crippen MR) is 44.6 cm³/mol. The monoisotopic (exact) mass is 148 g/mol. The standard InChI is InChI=1S/C6H16N2S/c1-5(2)9-4-6(8)3-7/h5-6H,3-4,7-8H2,1-2H3. The normalized spacial score (nSPS) is 14.3. The average Bonchev–Trinajstić information content (AvgIpc) is 1.83. The molecular weight excluding hydrogens is 132 g/mol. The van der Waals surface area contributed by atoms with Gasteiger partial charge in [0.2, 0.25) is 0 Å². The Morgan fingerprint density at radius 1 is 1.44 bits per heavy atom. The Morgan fingerprint density at radius 2 is 2.00 bits per heavy atom. The zero-order valence-electron chi connectivity index (χ0n) is 6.13. The summed E-state index contributed by atoms with van der Waals surface area (Å²) in [5, 5.41) is 0.669. The lowest BCUT2D eigenvalue weighted by Crippen LogP contribution is -2.32. The van der Waals surface area contributed by atoms with E-state index in [1.165, 1.54) is 0 Å². The van der Waals surface area contributed by atoms with Crippen LogP contribution >= 0.6 is 11.8 Å². The molecule has 0 aromatic heterocycles. The summed E-state index contributed by atoms with van der Waals surface area (Å²) in [6, 6.07) is 0.178. The molecule has 3 heteroatoms. The number of hydrogen-bond donors (Lipinski definition) is 2. The highest BCUT2D eigenvalue weighted by molar-refractivity contribution is 7.99. The summed E-state index contributed by atoms with van der Waals surface area (Å²) < 4.78 is 0. The Labute approximate surface area is 61.4 Å². The van der Waals surface area contributed by atoms with Crippen molar-refractivity contribution in [3.05, 3.63) is 0 Å². The summed E-state index contributed by atoms with van der Waals surface area (Å²) in [6.45, 7) is 4.92. The molecule has 0 heterocycles. The van der Waals surface area contributed by atoms with Crippen LogP contribution in [0.5, 0.6) is 0 Å². The van der Waals surface area contributed by atoms with E-state index in [-0.39, 0.29) is 6.04 Å². The zero-order chi connectivity index (χ0) is 7.28. The lowest BCUT2D eigenvalue weighted by Gasteiger charge is -2.09. The minimum Gasteiger partial charge on any atom is -0.329 e. The van der Waals surface area contributed by atoms with Gasteiger partial charge in [0.05, 0.1) is 0 Å². The highest BCUT2D eigenvalue weighted by atomic mass is 32.2. The number of nitrogens with two attached hydrogens (primary N) is 2. The van der Waals surface area contributed by atoms with E-state index in [1.54, 1.807) is 0 Å². The topological polar surface area (TPSA) is 52.0 Å². The summed E-state index contributed by atoms with van der Waals surface area (Å²) in [4.78, 5) is 0. The van der Waals surface area contributed by atoms with Crippen LogP contribution in [0.4, 0.5) is 0 Å². The maximum Gasteiger partial charge on any atom is 0.0255 e. The molecule has 0 saturated carbocycles. The second-order valence-electron chi connectivity index (χ2n) is 2.38. The minimum atomic E-state index is 0.178. The van der Waals surface area contributed by atoms with Crippen molar-refractivity contribution in [1.29, 1.82) is 0 Å². The molecule has 0 spiro atoms. The first-order valence-corrected chi connectivity index (χ1v) is 4.29. The van der Waals surface area contributed by atoms with E-state index >= 15 is 0 Å². The van der Waals surface area contributed by atoms with Crippen molar-refractivity contribution in [3.63, 3.8) is 0 Å². The minimum absolute atomic E-state index is 0.178. The van der Waals surface area contributed by atoms with Crippen LogP contribution < -0.4 is 11.5 Å². The molecule has 1 unspecified atom stereocenters. The molecular formula is C6H16N2S. The van der Waals surface area contributed by atoms with Crippen LogP contribution in [0.2, 0.25) is 0 Å². The first kappa shape index (κ1) is 9.27. The molecule has 0 amide bonds. The molecule has 0 aromatic carbocycles. The van der Waals surface area contributed by atoms with Crippen molar-refractivity contribution in [1.82, 2.24) is 0 Å². The van der Waals surface area contributed by atoms with Gasteiger partial charge in [-0.2, -0.15) is 11.8 Å². The highest BCUT2D eigenvalue weighted by Gasteiger charge is 2.00. The van der Waals surface area contributed by atoms with E-state index < -0.39 is 0 Å². The fourth-order valence-electron chi connectivity index (χ4n) is 0.384. The molecule has 0 aliphatic heterocycles. The molecule has 0 fully saturated rings. The predicted octanol–water partition coefficient (Wildman–Crippen LogP) is 0.414. The summed E-state index contributed by atoms with van der Waals surface area (Å²) in [7, 11) is 0. The molecule has 0 aliphatic carbocycles. The number of rotatable bonds is 4. The van der Waals surface area contributed by atoms with Gasteiger partial charge in [0.25, 0.3) is 0 Å². The van der Waals surface area contributed by atoms with Gasteiger partial charge in [0, 0.05) is 18.3 Å². The quantitative estimate of drug-likeness (QED) is 0.607. The van der Waals surface area contributed by atoms with Crippen molar-refractivity contribution < 1.29 is 0 Å². The lowest BCUT2D eigenvalue weighted by atomic mass is 10.4. The third kappa shape index (κ3) is 6.15. The molecule has 0 bridgehead atoms. The Morgan fingerprint density at radius 3 is 2.33 bits per heavy atom. The van der Waals surface area contributed by atoms with Crippen LogP contribution in [0.1, 0.15) is 13.8 Å². The third-order valence-electron chi connectivity index (χ3n) is 0.946. The van der Waals surface area contributed by atoms with Crippen molar-refractivity contribution in [2.75, 3.05) is 12.3 Å². The van der Waals surface area contributed by atoms with Gasteiger partial charge in [-0.1, -0.05) is 13.8 Å². The van der Waals surface area contributed by atoms with Crippen LogP contribution in [0.25, 0.3) is 0 Å². The average molecular weight is 148 g/mol. The van der Waals surface area contributed by atoms with Gasteiger partial charge in [-0.05, 0) is 5.25 Å². The molecule has 1 atom stereocenters. The Balaban J connectivity index is 3.06. The molecule has 0 radical (unpaired) electrons. The van der Waals surface area contributed by atoms with Gasteiger partial charge in [-0.25, -0.2) is 0 Å². The van der Waals surface area contributed by atoms with Crippen LogP contribution in [-0.4, -0.2) is 23.6 Å². The third-order valence-corrected chi connectivity index (χ3v) is 2.23. The van der Waals surface area contributed by atoms with Crippen LogP contribution in [0.15, 0.2) is 0 Å². The van der Waals surface area contributed by atoms with E-state index in [2.05, 4.69) is 13.8 Å². The Hall–Kier alpha value is 0.270. The molecule has 0 saturated heterocycles. The first-order chi connectivity index (χ1) is 4.16. The first-order valence-electron chi connectivity index (χ1n) is 3.24. The van der Waals surface area contributed by atoms with E-state index in [1.807, 2.05) is 11.8 Å². The fraction of sp³-hybridized carbons (Fsp3) is 1.00. The maximum atomic E-state index is 5.58. The highest BCUT2D eigenvalue weighted by Crippen LogP contribution is 2.08. The SMILES string of the molecule is CC(C)SCC(N)CN. The molecule has 0 aliphatic rings. The molecule has 0 aromatic rings. The smallest absolute Gasteiger partial charge is 0.0255 e. The largest absolute Gasteiger partial charge is 0.329 e. The Bertz CT molecular complexity index is 66.1. The van der Waals surface area contributed by atoms with Gasteiger partial charge in [0.15, 0.2) is 0 Å². The number of thioether (sulfide) groups is 1. The zero-order valence-corrected chi connectivity index (χ0v) is 6.95. The van der Waals surface area contributed by atoms with E-state index in [0.29, 0.717) is 11.8 Å². The molecule has 9 heavy (non-hydrogen) atoms. The van der Waals surface area contributed by atoms with Gasteiger partial charge in [-0.15, -0.1) is 0 Å². The van der Waals surface area contributed by atoms with Crippen molar-refractivity contribution in [2.24, 2.45) is 11.5 Å². The van der Waals surface area contributed by atoms with Crippen LogP contribution in [0, 0.1) is 0 Å². The molecule has 4 N–H and O–H groups in total. The Kier molecular flexibility index (Phi) is 5.24. The second-order valence-corrected chi connectivity index (χ2v) is 3.99. The van der Waals surface area contributed by atoms with Gasteiger partial charge in [-0.3, -0.25) is 0 Å². The van der Waals surface area contributed by atoms with Gasteiger partial charge < -0.3 is 11.5 Å². The molecule has 56 valence electrons. The van der Waals surface area contributed by atoms with Crippen molar-refractivity contribution >= 4 is 11.8 Å². The van der Waals surface area contributed by atoms with Crippen molar-refractivity contribution in [3.8, 4) is 0 Å². The fourth-order valence-corrected chi connectivity index (χ4v) is 1.15. The van der Waals surface area contributed by atoms with Crippen LogP contribution in [-0.2, 0) is 0 Å². The summed E-state index contributed by atoms with van der Waals surface area (Å²) in [6.07, 6.45) is 0. The number of hydrogen-bond acceptors (Lipinski definition) is 3. The molecule has 0 rings (SSSR count). The summed E-state index contributed by atoms with van der Waals surface area (Å²) in [5.74, 6) is 0.980.